The first-order valence-corrected chi connectivity index (χ1v) is 6.70. The number of nitrogens with one attached hydrogen (secondary N) is 1. The van der Waals surface area contributed by atoms with E-state index in [4.69, 9.17) is 9.47 Å². The molecule has 0 fully saturated rings. The summed E-state index contributed by atoms with van der Waals surface area (Å²) >= 11 is 1.30. The van der Waals surface area contributed by atoms with Crippen molar-refractivity contribution in [3.05, 3.63) is 28.9 Å². The van der Waals surface area contributed by atoms with Crippen LogP contribution in [0.15, 0.2) is 18.3 Å². The maximum atomic E-state index is 12.2. The number of hydrogen-bond donors (Lipinski definition) is 1. The number of hydrogen-bond acceptors (Lipinski definition) is 7. The number of amides is 1. The molecule has 1 amide bonds. The second-order valence-corrected chi connectivity index (χ2v) is 4.96. The Labute approximate surface area is 120 Å². The Kier molecular flexibility index (Phi) is 4.97. The van der Waals surface area contributed by atoms with E-state index in [0.29, 0.717) is 23.9 Å². The molecule has 0 spiro atoms. The van der Waals surface area contributed by atoms with Crippen LogP contribution in [0, 0.1) is 6.92 Å². The monoisotopic (exact) mass is 294 g/mol. The van der Waals surface area contributed by atoms with E-state index < -0.39 is 0 Å². The standard InChI is InChI=1S/C12H14N4O3S/c1-8-15-16-12(20-8)14-10(17)9-4-3-5-13-11(9)19-7-6-18-2/h3-5H,6-7H2,1-2H3,(H,14,16,17). The molecule has 8 heteroatoms. The van der Waals surface area contributed by atoms with Crippen LogP contribution in [0.5, 0.6) is 5.88 Å². The molecule has 0 radical (unpaired) electrons. The van der Waals surface area contributed by atoms with Crippen molar-refractivity contribution in [2.75, 3.05) is 25.6 Å². The highest BCUT2D eigenvalue weighted by Crippen LogP contribution is 2.19. The minimum absolute atomic E-state index is 0.267. The molecule has 7 nitrogen and oxygen atoms in total. The minimum atomic E-state index is -0.332. The Bertz CT molecular complexity index is 588. The summed E-state index contributed by atoms with van der Waals surface area (Å²) in [6.45, 7) is 2.57. The molecule has 106 valence electrons. The van der Waals surface area contributed by atoms with Crippen LogP contribution in [0.2, 0.25) is 0 Å². The summed E-state index contributed by atoms with van der Waals surface area (Å²) in [5, 5.41) is 11.6. The molecular weight excluding hydrogens is 280 g/mol. The molecule has 0 aliphatic carbocycles. The molecule has 0 aromatic carbocycles. The zero-order chi connectivity index (χ0) is 14.4. The summed E-state index contributed by atoms with van der Waals surface area (Å²) in [6, 6.07) is 3.31. The summed E-state index contributed by atoms with van der Waals surface area (Å²) < 4.78 is 10.3. The van der Waals surface area contributed by atoms with Crippen LogP contribution in [0.4, 0.5) is 5.13 Å². The molecule has 0 saturated heterocycles. The highest BCUT2D eigenvalue weighted by Gasteiger charge is 2.15. The van der Waals surface area contributed by atoms with Gasteiger partial charge in [0.1, 0.15) is 17.2 Å². The van der Waals surface area contributed by atoms with Crippen molar-refractivity contribution in [2.24, 2.45) is 0 Å². The predicted octanol–water partition coefficient (Wildman–Crippen LogP) is 1.52. The summed E-state index contributed by atoms with van der Waals surface area (Å²) in [5.74, 6) is -0.0649. The van der Waals surface area contributed by atoms with Gasteiger partial charge in [0.25, 0.3) is 5.91 Å². The van der Waals surface area contributed by atoms with Crippen LogP contribution in [-0.2, 0) is 4.74 Å². The molecule has 2 heterocycles. The average molecular weight is 294 g/mol. The smallest absolute Gasteiger partial charge is 0.262 e. The molecule has 0 atom stereocenters. The van der Waals surface area contributed by atoms with Gasteiger partial charge >= 0.3 is 0 Å². The van der Waals surface area contributed by atoms with E-state index in [2.05, 4.69) is 20.5 Å². The number of anilines is 1. The first-order valence-electron chi connectivity index (χ1n) is 5.89. The fraction of sp³-hybridized carbons (Fsp3) is 0.333. The summed E-state index contributed by atoms with van der Waals surface area (Å²) in [5.41, 5.74) is 0.344. The van der Waals surface area contributed by atoms with Gasteiger partial charge in [-0.15, -0.1) is 10.2 Å². The molecular formula is C12H14N4O3S. The van der Waals surface area contributed by atoms with Gasteiger partial charge in [0.05, 0.1) is 6.61 Å². The number of carbonyl (C=O) groups excluding carboxylic acids is 1. The van der Waals surface area contributed by atoms with Gasteiger partial charge in [-0.2, -0.15) is 0 Å². The Morgan fingerprint density at radius 1 is 1.40 bits per heavy atom. The zero-order valence-corrected chi connectivity index (χ0v) is 11.9. The van der Waals surface area contributed by atoms with Gasteiger partial charge in [0.15, 0.2) is 0 Å². The van der Waals surface area contributed by atoms with Gasteiger partial charge in [0.2, 0.25) is 11.0 Å². The van der Waals surface area contributed by atoms with Crippen molar-refractivity contribution in [1.29, 1.82) is 0 Å². The normalized spacial score (nSPS) is 10.3. The average Bonchev–Trinajstić information content (AvgIpc) is 2.85. The molecule has 0 saturated carbocycles. The first kappa shape index (κ1) is 14.4. The summed E-state index contributed by atoms with van der Waals surface area (Å²) in [7, 11) is 1.58. The van der Waals surface area contributed by atoms with Crippen molar-refractivity contribution in [2.45, 2.75) is 6.92 Å². The number of pyridine rings is 1. The van der Waals surface area contributed by atoms with Crippen LogP contribution < -0.4 is 10.1 Å². The van der Waals surface area contributed by atoms with Gasteiger partial charge in [-0.3, -0.25) is 10.1 Å². The first-order chi connectivity index (χ1) is 9.70. The van der Waals surface area contributed by atoms with Gasteiger partial charge < -0.3 is 9.47 Å². The van der Waals surface area contributed by atoms with Crippen molar-refractivity contribution in [3.63, 3.8) is 0 Å². The fourth-order valence-corrected chi connectivity index (χ4v) is 2.00. The Hall–Kier alpha value is -2.06. The van der Waals surface area contributed by atoms with Crippen LogP contribution in [0.1, 0.15) is 15.4 Å². The molecule has 0 bridgehead atoms. The lowest BCUT2D eigenvalue weighted by atomic mass is 10.2. The molecule has 2 aromatic rings. The van der Waals surface area contributed by atoms with E-state index in [9.17, 15) is 4.79 Å². The molecule has 0 unspecified atom stereocenters. The van der Waals surface area contributed by atoms with Gasteiger partial charge in [-0.1, -0.05) is 11.3 Å². The van der Waals surface area contributed by atoms with Gasteiger partial charge in [-0.05, 0) is 19.1 Å². The number of ether oxygens (including phenoxy) is 2. The van der Waals surface area contributed by atoms with E-state index in [1.165, 1.54) is 11.3 Å². The molecule has 1 N–H and O–H groups in total. The van der Waals surface area contributed by atoms with E-state index in [0.717, 1.165) is 5.01 Å². The highest BCUT2D eigenvalue weighted by molar-refractivity contribution is 7.15. The second kappa shape index (κ2) is 6.92. The van der Waals surface area contributed by atoms with Crippen LogP contribution in [0.25, 0.3) is 0 Å². The summed E-state index contributed by atoms with van der Waals surface area (Å²) in [4.78, 5) is 16.2. The van der Waals surface area contributed by atoms with E-state index in [-0.39, 0.29) is 11.8 Å². The molecule has 20 heavy (non-hydrogen) atoms. The Morgan fingerprint density at radius 2 is 2.25 bits per heavy atom. The number of aryl methyl sites for hydroxylation is 1. The topological polar surface area (TPSA) is 86.2 Å². The maximum Gasteiger partial charge on any atom is 0.262 e. The lowest BCUT2D eigenvalue weighted by molar-refractivity contribution is 0.101. The SMILES string of the molecule is COCCOc1ncccc1C(=O)Nc1nnc(C)s1. The van der Waals surface area contributed by atoms with Crippen molar-refractivity contribution < 1.29 is 14.3 Å². The van der Waals surface area contributed by atoms with E-state index in [1.54, 1.807) is 25.4 Å². The molecule has 2 rings (SSSR count). The Balaban J connectivity index is 2.08. The number of aromatic nitrogens is 3. The van der Waals surface area contributed by atoms with E-state index in [1.807, 2.05) is 6.92 Å². The van der Waals surface area contributed by atoms with Crippen molar-refractivity contribution in [3.8, 4) is 5.88 Å². The zero-order valence-electron chi connectivity index (χ0n) is 11.1. The quantitative estimate of drug-likeness (QED) is 0.813. The largest absolute Gasteiger partial charge is 0.475 e. The lowest BCUT2D eigenvalue weighted by Crippen LogP contribution is -2.15. The molecule has 0 aliphatic rings. The van der Waals surface area contributed by atoms with Crippen molar-refractivity contribution in [1.82, 2.24) is 15.2 Å². The van der Waals surface area contributed by atoms with Crippen molar-refractivity contribution >= 4 is 22.4 Å². The second-order valence-electron chi connectivity index (χ2n) is 3.78. The van der Waals surface area contributed by atoms with Gasteiger partial charge in [-0.25, -0.2) is 4.98 Å². The number of rotatable bonds is 6. The van der Waals surface area contributed by atoms with Gasteiger partial charge in [0, 0.05) is 13.3 Å². The molecule has 0 aliphatic heterocycles. The fourth-order valence-electron chi connectivity index (χ4n) is 1.41. The highest BCUT2D eigenvalue weighted by atomic mass is 32.1. The summed E-state index contributed by atoms with van der Waals surface area (Å²) in [6.07, 6.45) is 1.56. The maximum absolute atomic E-state index is 12.2. The number of nitrogens with zero attached hydrogens (tertiary/aromatic N) is 3. The number of carbonyl (C=O) groups is 1. The lowest BCUT2D eigenvalue weighted by Gasteiger charge is -2.08. The van der Waals surface area contributed by atoms with Crippen LogP contribution in [0.3, 0.4) is 0 Å². The third kappa shape index (κ3) is 3.72. The Morgan fingerprint density at radius 3 is 2.95 bits per heavy atom. The third-order valence-corrected chi connectivity index (χ3v) is 3.04. The predicted molar refractivity (Wildman–Crippen MR) is 74.2 cm³/mol. The third-order valence-electron chi connectivity index (χ3n) is 2.29. The number of methoxy groups -OCH3 is 1. The van der Waals surface area contributed by atoms with Crippen LogP contribution >= 0.6 is 11.3 Å². The molecule has 2 aromatic heterocycles. The van der Waals surface area contributed by atoms with E-state index >= 15 is 0 Å². The minimum Gasteiger partial charge on any atom is -0.475 e. The van der Waals surface area contributed by atoms with Crippen LogP contribution in [-0.4, -0.2) is 41.4 Å².